The van der Waals surface area contributed by atoms with E-state index in [0.29, 0.717) is 6.54 Å². The number of likely N-dealkylation sites (N-methyl/N-ethyl adjacent to an activating group) is 1. The molecule has 116 valence electrons. The Kier molecular flexibility index (Phi) is 6.37. The minimum absolute atomic E-state index is 0.0795. The van der Waals surface area contributed by atoms with Crippen LogP contribution in [0.5, 0.6) is 0 Å². The number of hydrogen-bond donors (Lipinski definition) is 1. The summed E-state index contributed by atoms with van der Waals surface area (Å²) in [5.74, 6) is -0.263. The molecule has 0 saturated carbocycles. The lowest BCUT2D eigenvalue weighted by Gasteiger charge is -2.22. The molecule has 5 nitrogen and oxygen atoms in total. The largest absolute Gasteiger partial charge is 0.332 e. The monoisotopic (exact) mass is 291 g/mol. The molecular weight excluding hydrogens is 266 g/mol. The maximum absolute atomic E-state index is 12.1. The van der Waals surface area contributed by atoms with Crippen LogP contribution < -0.4 is 5.32 Å². The summed E-state index contributed by atoms with van der Waals surface area (Å²) in [5.41, 5.74) is 2.97. The molecule has 0 spiro atoms. The summed E-state index contributed by atoms with van der Waals surface area (Å²) >= 11 is 0. The van der Waals surface area contributed by atoms with E-state index in [4.69, 9.17) is 0 Å². The molecule has 5 heteroatoms. The van der Waals surface area contributed by atoms with Gasteiger partial charge < -0.3 is 15.1 Å². The summed E-state index contributed by atoms with van der Waals surface area (Å²) in [5, 5.41) is 2.85. The summed E-state index contributed by atoms with van der Waals surface area (Å²) in [6.07, 6.45) is 0. The number of aryl methyl sites for hydroxylation is 2. The van der Waals surface area contributed by atoms with Crippen LogP contribution in [0, 0.1) is 13.8 Å². The number of amides is 2. The van der Waals surface area contributed by atoms with Crippen LogP contribution in [0.15, 0.2) is 18.2 Å². The van der Waals surface area contributed by atoms with Crippen molar-refractivity contribution in [3.63, 3.8) is 0 Å². The second kappa shape index (κ2) is 7.78. The third-order valence-corrected chi connectivity index (χ3v) is 3.10. The third kappa shape index (κ3) is 6.40. The summed E-state index contributed by atoms with van der Waals surface area (Å²) in [4.78, 5) is 27.2. The van der Waals surface area contributed by atoms with Crippen molar-refractivity contribution in [3.8, 4) is 0 Å². The van der Waals surface area contributed by atoms with Crippen LogP contribution in [0.3, 0.4) is 0 Å². The van der Waals surface area contributed by atoms with E-state index in [0.717, 1.165) is 23.4 Å². The molecule has 0 aliphatic rings. The summed E-state index contributed by atoms with van der Waals surface area (Å²) in [6.45, 7) is 6.82. The van der Waals surface area contributed by atoms with Gasteiger partial charge in [-0.15, -0.1) is 0 Å². The molecule has 1 aromatic rings. The maximum Gasteiger partial charge on any atom is 0.243 e. The molecule has 0 aliphatic carbocycles. The number of hydrogen-bond acceptors (Lipinski definition) is 3. The molecule has 1 rings (SSSR count). The lowest BCUT2D eigenvalue weighted by molar-refractivity contribution is -0.132. The lowest BCUT2D eigenvalue weighted by atomic mass is 10.1. The Morgan fingerprint density at radius 1 is 1.05 bits per heavy atom. The second-order valence-corrected chi connectivity index (χ2v) is 5.67. The Morgan fingerprint density at radius 2 is 1.62 bits per heavy atom. The normalized spacial score (nSPS) is 10.6. The number of carbonyl (C=O) groups excluding carboxylic acids is 2. The average molecular weight is 291 g/mol. The van der Waals surface area contributed by atoms with Gasteiger partial charge in [0.05, 0.1) is 6.54 Å². The first-order valence-electron chi connectivity index (χ1n) is 7.06. The topological polar surface area (TPSA) is 52.7 Å². The first-order chi connectivity index (χ1) is 9.77. The van der Waals surface area contributed by atoms with E-state index in [9.17, 15) is 9.59 Å². The van der Waals surface area contributed by atoms with Gasteiger partial charge in [0, 0.05) is 25.7 Å². The molecule has 0 saturated heterocycles. The van der Waals surface area contributed by atoms with Gasteiger partial charge in [0.25, 0.3) is 0 Å². The highest BCUT2D eigenvalue weighted by Gasteiger charge is 2.14. The van der Waals surface area contributed by atoms with Crippen molar-refractivity contribution in [1.82, 2.24) is 9.80 Å². The van der Waals surface area contributed by atoms with Gasteiger partial charge in [-0.1, -0.05) is 6.07 Å². The van der Waals surface area contributed by atoms with Crippen molar-refractivity contribution >= 4 is 17.5 Å². The van der Waals surface area contributed by atoms with E-state index in [1.165, 1.54) is 6.92 Å². The molecule has 0 unspecified atom stereocenters. The smallest absolute Gasteiger partial charge is 0.243 e. The van der Waals surface area contributed by atoms with Crippen LogP contribution in [0.4, 0.5) is 5.69 Å². The molecule has 0 radical (unpaired) electrons. The quantitative estimate of drug-likeness (QED) is 0.867. The molecule has 2 amide bonds. The first kappa shape index (κ1) is 17.2. The number of nitrogens with one attached hydrogen (secondary N) is 1. The fourth-order valence-electron chi connectivity index (χ4n) is 2.09. The fourth-order valence-corrected chi connectivity index (χ4v) is 2.09. The molecule has 0 aromatic heterocycles. The summed E-state index contributed by atoms with van der Waals surface area (Å²) in [7, 11) is 3.88. The predicted octanol–water partition coefficient (Wildman–Crippen LogP) is 1.65. The molecule has 0 fully saturated rings. The first-order valence-corrected chi connectivity index (χ1v) is 7.06. The lowest BCUT2D eigenvalue weighted by Crippen LogP contribution is -2.40. The Labute approximate surface area is 126 Å². The van der Waals surface area contributed by atoms with Crippen LogP contribution in [0.2, 0.25) is 0 Å². The van der Waals surface area contributed by atoms with Gasteiger partial charge in [0.2, 0.25) is 11.8 Å². The summed E-state index contributed by atoms with van der Waals surface area (Å²) < 4.78 is 0. The number of benzene rings is 1. The van der Waals surface area contributed by atoms with Gasteiger partial charge in [-0.3, -0.25) is 9.59 Å². The van der Waals surface area contributed by atoms with Crippen LogP contribution in [-0.2, 0) is 9.59 Å². The van der Waals surface area contributed by atoms with Crippen LogP contribution in [0.25, 0.3) is 0 Å². The van der Waals surface area contributed by atoms with Gasteiger partial charge in [0.1, 0.15) is 0 Å². The molecule has 0 aliphatic heterocycles. The number of carbonyl (C=O) groups is 2. The highest BCUT2D eigenvalue weighted by molar-refractivity contribution is 5.94. The SMILES string of the molecule is CC(=O)N(CCN(C)C)CC(=O)Nc1cc(C)cc(C)c1. The maximum atomic E-state index is 12.1. The van der Waals surface area contributed by atoms with E-state index in [2.05, 4.69) is 11.4 Å². The van der Waals surface area contributed by atoms with Crippen molar-refractivity contribution in [1.29, 1.82) is 0 Å². The average Bonchev–Trinajstić information content (AvgIpc) is 2.32. The zero-order chi connectivity index (χ0) is 16.0. The number of nitrogens with zero attached hydrogens (tertiary/aromatic N) is 2. The minimum Gasteiger partial charge on any atom is -0.332 e. The Bertz CT molecular complexity index is 492. The number of rotatable bonds is 6. The molecule has 0 bridgehead atoms. The molecule has 0 heterocycles. The van der Waals surface area contributed by atoms with E-state index < -0.39 is 0 Å². The van der Waals surface area contributed by atoms with Gasteiger partial charge in [-0.25, -0.2) is 0 Å². The van der Waals surface area contributed by atoms with Crippen molar-refractivity contribution < 1.29 is 9.59 Å². The van der Waals surface area contributed by atoms with Gasteiger partial charge in [-0.05, 0) is 51.2 Å². The predicted molar refractivity (Wildman–Crippen MR) is 85.4 cm³/mol. The van der Waals surface area contributed by atoms with Crippen molar-refractivity contribution in [3.05, 3.63) is 29.3 Å². The van der Waals surface area contributed by atoms with Crippen LogP contribution >= 0.6 is 0 Å². The van der Waals surface area contributed by atoms with Crippen molar-refractivity contribution in [2.45, 2.75) is 20.8 Å². The van der Waals surface area contributed by atoms with E-state index >= 15 is 0 Å². The van der Waals surface area contributed by atoms with Crippen molar-refractivity contribution in [2.75, 3.05) is 39.0 Å². The van der Waals surface area contributed by atoms with Crippen LogP contribution in [0.1, 0.15) is 18.1 Å². The van der Waals surface area contributed by atoms with Crippen molar-refractivity contribution in [2.24, 2.45) is 0 Å². The standard InChI is InChI=1S/C16H25N3O2/c1-12-8-13(2)10-15(9-12)17-16(21)11-19(14(3)20)7-6-18(4)5/h8-10H,6-7,11H2,1-5H3,(H,17,21). The highest BCUT2D eigenvalue weighted by Crippen LogP contribution is 2.13. The van der Waals surface area contributed by atoms with Gasteiger partial charge in [-0.2, -0.15) is 0 Å². The van der Waals surface area contributed by atoms with Gasteiger partial charge >= 0.3 is 0 Å². The molecule has 1 aromatic carbocycles. The third-order valence-electron chi connectivity index (χ3n) is 3.10. The van der Waals surface area contributed by atoms with Gasteiger partial charge in [0.15, 0.2) is 0 Å². The Morgan fingerprint density at radius 3 is 2.10 bits per heavy atom. The molecule has 1 N–H and O–H groups in total. The molecule has 21 heavy (non-hydrogen) atoms. The minimum atomic E-state index is -0.172. The van der Waals surface area contributed by atoms with E-state index in [1.807, 2.05) is 45.0 Å². The second-order valence-electron chi connectivity index (χ2n) is 5.67. The zero-order valence-corrected chi connectivity index (χ0v) is 13.6. The molecular formula is C16H25N3O2. The zero-order valence-electron chi connectivity index (χ0n) is 13.6. The van der Waals surface area contributed by atoms with E-state index in [1.54, 1.807) is 4.90 Å². The fraction of sp³-hybridized carbons (Fsp3) is 0.500. The Hall–Kier alpha value is -1.88. The Balaban J connectivity index is 2.63. The molecule has 0 atom stereocenters. The van der Waals surface area contributed by atoms with E-state index in [-0.39, 0.29) is 18.4 Å². The summed E-state index contributed by atoms with van der Waals surface area (Å²) in [6, 6.07) is 5.89. The van der Waals surface area contributed by atoms with Crippen LogP contribution in [-0.4, -0.2) is 55.3 Å². The highest BCUT2D eigenvalue weighted by atomic mass is 16.2. The number of anilines is 1.